The summed E-state index contributed by atoms with van der Waals surface area (Å²) >= 11 is 1.52. The summed E-state index contributed by atoms with van der Waals surface area (Å²) in [6, 6.07) is 14.9. The van der Waals surface area contributed by atoms with Crippen LogP contribution < -0.4 is 38.1 Å². The summed E-state index contributed by atoms with van der Waals surface area (Å²) in [5, 5.41) is 13.7. The molecule has 2 aromatic carbocycles. The van der Waals surface area contributed by atoms with Crippen LogP contribution in [0, 0.1) is 5.92 Å². The van der Waals surface area contributed by atoms with Gasteiger partial charge in [-0.1, -0.05) is 80.6 Å². The maximum absolute atomic E-state index is 13.9. The van der Waals surface area contributed by atoms with E-state index >= 15 is 0 Å². The molecule has 0 spiro atoms. The molecule has 3 rings (SSSR count). The van der Waals surface area contributed by atoms with Crippen LogP contribution in [0.1, 0.15) is 57.1 Å². The fourth-order valence-corrected chi connectivity index (χ4v) is 6.13. The van der Waals surface area contributed by atoms with Gasteiger partial charge >= 0.3 is 0 Å². The minimum absolute atomic E-state index is 0.0573. The summed E-state index contributed by atoms with van der Waals surface area (Å²) in [4.78, 5) is 77.0. The van der Waals surface area contributed by atoms with E-state index in [1.807, 2.05) is 80.8 Å². The predicted octanol–water partition coefficient (Wildman–Crippen LogP) is 1.21. The first-order valence-electron chi connectivity index (χ1n) is 17.1. The summed E-state index contributed by atoms with van der Waals surface area (Å²) in [6.45, 7) is 3.83. The van der Waals surface area contributed by atoms with Crippen molar-refractivity contribution in [3.63, 3.8) is 0 Å². The van der Waals surface area contributed by atoms with Crippen molar-refractivity contribution in [1.29, 1.82) is 0 Å². The number of thioether (sulfide) groups is 1. The molecule has 0 saturated carbocycles. The number of primary amides is 1. The molecule has 51 heavy (non-hydrogen) atoms. The molecule has 5 atom stereocenters. The van der Waals surface area contributed by atoms with E-state index < -0.39 is 59.4 Å². The highest BCUT2D eigenvalue weighted by molar-refractivity contribution is 7.98. The van der Waals surface area contributed by atoms with Crippen molar-refractivity contribution in [2.75, 3.05) is 12.0 Å². The Kier molecular flexibility index (Phi) is 16.2. The number of nitrogens with one attached hydrogen (secondary N) is 5. The van der Waals surface area contributed by atoms with Crippen LogP contribution in [-0.2, 0) is 41.6 Å². The van der Waals surface area contributed by atoms with Crippen LogP contribution in [0.5, 0.6) is 0 Å². The number of carbonyl (C=O) groups excluding carboxylic acids is 6. The minimum Gasteiger partial charge on any atom is -0.368 e. The number of hydrogen-bond acceptors (Lipinski definition) is 8. The fraction of sp³-hybridized carbons (Fsp3) is 0.459. The van der Waals surface area contributed by atoms with E-state index in [9.17, 15) is 28.8 Å². The van der Waals surface area contributed by atoms with Crippen LogP contribution in [0.15, 0.2) is 72.8 Å². The molecule has 2 aromatic rings. The number of hydrogen-bond donors (Lipinski definition) is 7. The predicted molar refractivity (Wildman–Crippen MR) is 198 cm³/mol. The molecule has 0 aromatic heterocycles. The highest BCUT2D eigenvalue weighted by Gasteiger charge is 2.33. The van der Waals surface area contributed by atoms with E-state index in [-0.39, 0.29) is 37.5 Å². The van der Waals surface area contributed by atoms with Crippen molar-refractivity contribution in [3.05, 3.63) is 83.9 Å². The maximum atomic E-state index is 13.9. The number of benzene rings is 2. The smallest absolute Gasteiger partial charge is 0.244 e. The summed E-state index contributed by atoms with van der Waals surface area (Å²) < 4.78 is 0. The monoisotopic (exact) mass is 721 g/mol. The van der Waals surface area contributed by atoms with E-state index in [4.69, 9.17) is 11.5 Å². The van der Waals surface area contributed by atoms with Crippen molar-refractivity contribution in [2.24, 2.45) is 17.4 Å². The summed E-state index contributed by atoms with van der Waals surface area (Å²) in [7, 11) is 0. The van der Waals surface area contributed by atoms with Gasteiger partial charge in [0.25, 0.3) is 0 Å². The molecule has 0 unspecified atom stereocenters. The molecular formula is C37H51N7O6S. The third-order valence-corrected chi connectivity index (χ3v) is 8.91. The van der Waals surface area contributed by atoms with Crippen molar-refractivity contribution in [3.8, 4) is 0 Å². The van der Waals surface area contributed by atoms with Gasteiger partial charge in [-0.25, -0.2) is 0 Å². The highest BCUT2D eigenvalue weighted by Crippen LogP contribution is 2.14. The van der Waals surface area contributed by atoms with Crippen LogP contribution in [-0.4, -0.2) is 77.3 Å². The number of rotatable bonds is 20. The molecule has 1 saturated heterocycles. The summed E-state index contributed by atoms with van der Waals surface area (Å²) in [5.41, 5.74) is 12.5. The maximum Gasteiger partial charge on any atom is 0.244 e. The lowest BCUT2D eigenvalue weighted by atomic mass is 9.97. The Balaban J connectivity index is 1.78. The van der Waals surface area contributed by atoms with E-state index in [1.165, 1.54) is 23.9 Å². The van der Waals surface area contributed by atoms with Gasteiger partial charge in [-0.2, -0.15) is 11.8 Å². The van der Waals surface area contributed by atoms with Gasteiger partial charge in [-0.3, -0.25) is 28.8 Å². The lowest BCUT2D eigenvalue weighted by Crippen LogP contribution is -2.61. The minimum atomic E-state index is -1.49. The summed E-state index contributed by atoms with van der Waals surface area (Å²) in [5.74, 6) is -2.18. The molecule has 9 N–H and O–H groups in total. The topological polar surface area (TPSA) is 215 Å². The second-order valence-electron chi connectivity index (χ2n) is 13.2. The Morgan fingerprint density at radius 3 is 2.14 bits per heavy atom. The number of nitrogens with two attached hydrogens (primary N) is 2. The Morgan fingerprint density at radius 1 is 0.922 bits per heavy atom. The van der Waals surface area contributed by atoms with Gasteiger partial charge in [-0.05, 0) is 54.4 Å². The van der Waals surface area contributed by atoms with Gasteiger partial charge in [-0.15, -0.1) is 0 Å². The van der Waals surface area contributed by atoms with Gasteiger partial charge in [0.05, 0.1) is 0 Å². The van der Waals surface area contributed by atoms with Gasteiger partial charge in [0.2, 0.25) is 35.4 Å². The molecule has 276 valence electrons. The zero-order chi connectivity index (χ0) is 37.4. The average Bonchev–Trinajstić information content (AvgIpc) is 3.52. The first-order chi connectivity index (χ1) is 24.3. The Morgan fingerprint density at radius 2 is 1.57 bits per heavy atom. The van der Waals surface area contributed by atoms with Crippen LogP contribution >= 0.6 is 11.8 Å². The highest BCUT2D eigenvalue weighted by atomic mass is 32.2. The normalized spacial score (nSPS) is 17.1. The first-order valence-corrected chi connectivity index (χ1v) is 18.5. The molecule has 0 aliphatic carbocycles. The van der Waals surface area contributed by atoms with Crippen LogP contribution in [0.4, 0.5) is 0 Å². The molecular weight excluding hydrogens is 671 g/mol. The Bertz CT molecular complexity index is 1520. The van der Waals surface area contributed by atoms with Crippen molar-refractivity contribution < 1.29 is 28.8 Å². The Hall–Kier alpha value is -4.69. The van der Waals surface area contributed by atoms with E-state index in [2.05, 4.69) is 26.6 Å². The second-order valence-corrected chi connectivity index (χ2v) is 14.2. The van der Waals surface area contributed by atoms with Crippen LogP contribution in [0.25, 0.3) is 0 Å². The van der Waals surface area contributed by atoms with Gasteiger partial charge in [0.1, 0.15) is 29.8 Å². The standard InChI is InChI=1S/C37H51N7O6S/c1-24(2)21-29(35(49)42-27(33(38)47)18-20-51-3)41-31(45)15-10-19-37(39,23-26-13-8-5-9-14-26)44-36(50)30(22-25-11-6-4-7-12-25)43-34(48)28-16-17-32(46)40-28/h4-14,19,24,27-30H,15-18,20-23,39H2,1-3H3,(H2,38,47)(H,40,46)(H,41,45)(H,42,49)(H,43,48)(H,44,50)/b19-10+/t27-,28-,29-,30-,37+/m0/s1. The molecule has 1 fully saturated rings. The zero-order valence-electron chi connectivity index (χ0n) is 29.5. The first kappa shape index (κ1) is 40.7. The van der Waals surface area contributed by atoms with Crippen LogP contribution in [0.2, 0.25) is 0 Å². The molecule has 1 heterocycles. The lowest BCUT2D eigenvalue weighted by molar-refractivity contribution is -0.131. The van der Waals surface area contributed by atoms with Gasteiger partial charge in [0, 0.05) is 25.7 Å². The lowest BCUT2D eigenvalue weighted by Gasteiger charge is -2.31. The van der Waals surface area contributed by atoms with Crippen molar-refractivity contribution in [2.45, 2.75) is 88.6 Å². The average molecular weight is 722 g/mol. The number of amides is 6. The van der Waals surface area contributed by atoms with Gasteiger partial charge < -0.3 is 38.1 Å². The summed E-state index contributed by atoms with van der Waals surface area (Å²) in [6.07, 6.45) is 6.35. The SMILES string of the molecule is CSCC[C@H](NC(=O)[C@H](CC(C)C)NC(=O)C/C=C/[C@](N)(Cc1ccccc1)NC(=O)[C@H](Cc1ccccc1)NC(=O)[C@@H]1CCC(=O)N1)C(N)=O. The molecule has 6 amide bonds. The van der Waals surface area contributed by atoms with E-state index in [1.54, 1.807) is 0 Å². The fourth-order valence-electron chi connectivity index (χ4n) is 5.66. The van der Waals surface area contributed by atoms with E-state index in [0.717, 1.165) is 11.1 Å². The van der Waals surface area contributed by atoms with Crippen molar-refractivity contribution >= 4 is 47.2 Å². The third-order valence-electron chi connectivity index (χ3n) is 8.27. The molecule has 1 aliphatic heterocycles. The Labute approximate surface area is 303 Å². The van der Waals surface area contributed by atoms with Gasteiger partial charge in [0.15, 0.2) is 0 Å². The molecule has 14 heteroatoms. The zero-order valence-corrected chi connectivity index (χ0v) is 30.3. The molecule has 1 aliphatic rings. The molecule has 0 radical (unpaired) electrons. The number of carbonyl (C=O) groups is 6. The van der Waals surface area contributed by atoms with E-state index in [0.29, 0.717) is 25.0 Å². The quantitative estimate of drug-likeness (QED) is 0.0778. The second kappa shape index (κ2) is 20.2. The van der Waals surface area contributed by atoms with Crippen molar-refractivity contribution in [1.82, 2.24) is 26.6 Å². The molecule has 13 nitrogen and oxygen atoms in total. The third kappa shape index (κ3) is 14.2. The molecule has 0 bridgehead atoms. The van der Waals surface area contributed by atoms with Crippen LogP contribution in [0.3, 0.4) is 0 Å². The largest absolute Gasteiger partial charge is 0.368 e.